The topological polar surface area (TPSA) is 12.0 Å². The third kappa shape index (κ3) is 4.85. The summed E-state index contributed by atoms with van der Waals surface area (Å²) in [5, 5.41) is 3.76. The average molecular weight is 358 g/mol. The largest absolute Gasteiger partial charge is 0.309 e. The highest BCUT2D eigenvalue weighted by atomic mass is 79.9. The molecule has 1 aromatic heterocycles. The predicted molar refractivity (Wildman–Crippen MR) is 93.6 cm³/mol. The van der Waals surface area contributed by atoms with Crippen LogP contribution in [0.1, 0.15) is 74.8 Å². The maximum atomic E-state index is 3.76. The highest BCUT2D eigenvalue weighted by Gasteiger charge is 2.19. The maximum absolute atomic E-state index is 3.76. The van der Waals surface area contributed by atoms with Gasteiger partial charge in [0, 0.05) is 10.9 Å². The van der Waals surface area contributed by atoms with Gasteiger partial charge in [0.2, 0.25) is 0 Å². The van der Waals surface area contributed by atoms with Gasteiger partial charge in [0.05, 0.1) is 3.79 Å². The molecule has 1 heterocycles. The van der Waals surface area contributed by atoms with Gasteiger partial charge in [-0.25, -0.2) is 0 Å². The number of hydrogen-bond donors (Lipinski definition) is 1. The lowest BCUT2D eigenvalue weighted by atomic mass is 9.85. The smallest absolute Gasteiger partial charge is 0.0731 e. The first-order valence-corrected chi connectivity index (χ1v) is 9.81. The Kier molecular flexibility index (Phi) is 7.06. The van der Waals surface area contributed by atoms with Crippen LogP contribution in [0.5, 0.6) is 0 Å². The first-order chi connectivity index (χ1) is 9.70. The Morgan fingerprint density at radius 1 is 1.35 bits per heavy atom. The SMILES string of the molecule is CCCNC(CCC1CCCCC1)c1cc(C)c(Br)s1. The fourth-order valence-corrected chi connectivity index (χ4v) is 4.88. The summed E-state index contributed by atoms with van der Waals surface area (Å²) in [7, 11) is 0. The van der Waals surface area contributed by atoms with Crippen molar-refractivity contribution in [3.8, 4) is 0 Å². The molecule has 1 aliphatic rings. The van der Waals surface area contributed by atoms with Crippen molar-refractivity contribution in [2.45, 2.75) is 71.3 Å². The van der Waals surface area contributed by atoms with E-state index in [-0.39, 0.29) is 0 Å². The lowest BCUT2D eigenvalue weighted by Crippen LogP contribution is -2.22. The van der Waals surface area contributed by atoms with E-state index in [0.29, 0.717) is 6.04 Å². The molecule has 0 spiro atoms. The van der Waals surface area contributed by atoms with E-state index in [1.807, 2.05) is 11.3 Å². The highest BCUT2D eigenvalue weighted by Crippen LogP contribution is 2.35. The average Bonchev–Trinajstić information content (AvgIpc) is 2.80. The minimum absolute atomic E-state index is 0.562. The van der Waals surface area contributed by atoms with Crippen LogP contribution in [-0.2, 0) is 0 Å². The zero-order valence-corrected chi connectivity index (χ0v) is 15.3. The zero-order chi connectivity index (χ0) is 14.4. The molecule has 1 atom stereocenters. The standard InChI is InChI=1S/C17H28BrNS/c1-3-11-19-15(16-12-13(2)17(18)20-16)10-9-14-7-5-4-6-8-14/h12,14-15,19H,3-11H2,1-2H3. The van der Waals surface area contributed by atoms with Crippen molar-refractivity contribution < 1.29 is 0 Å². The van der Waals surface area contributed by atoms with Crippen LogP contribution in [0, 0.1) is 12.8 Å². The molecule has 1 aromatic rings. The summed E-state index contributed by atoms with van der Waals surface area (Å²) in [6, 6.07) is 2.93. The Balaban J connectivity index is 1.92. The molecule has 0 amide bonds. The van der Waals surface area contributed by atoms with Gasteiger partial charge in [-0.1, -0.05) is 39.0 Å². The highest BCUT2D eigenvalue weighted by molar-refractivity contribution is 9.11. The Labute approximate surface area is 136 Å². The van der Waals surface area contributed by atoms with Crippen LogP contribution in [0.3, 0.4) is 0 Å². The number of aryl methyl sites for hydroxylation is 1. The zero-order valence-electron chi connectivity index (χ0n) is 12.9. The van der Waals surface area contributed by atoms with Gasteiger partial charge >= 0.3 is 0 Å². The van der Waals surface area contributed by atoms with E-state index >= 15 is 0 Å². The Hall–Kier alpha value is 0.140. The Morgan fingerprint density at radius 2 is 2.10 bits per heavy atom. The van der Waals surface area contributed by atoms with Gasteiger partial charge in [0.1, 0.15) is 0 Å². The van der Waals surface area contributed by atoms with Crippen molar-refractivity contribution in [2.24, 2.45) is 5.92 Å². The van der Waals surface area contributed by atoms with Gasteiger partial charge in [0.25, 0.3) is 0 Å². The van der Waals surface area contributed by atoms with Crippen molar-refractivity contribution in [2.75, 3.05) is 6.54 Å². The molecule has 1 N–H and O–H groups in total. The molecular weight excluding hydrogens is 330 g/mol. The van der Waals surface area contributed by atoms with E-state index < -0.39 is 0 Å². The molecule has 0 radical (unpaired) electrons. The van der Waals surface area contributed by atoms with Gasteiger partial charge in [-0.15, -0.1) is 11.3 Å². The van der Waals surface area contributed by atoms with Crippen LogP contribution < -0.4 is 5.32 Å². The molecule has 1 nitrogen and oxygen atoms in total. The summed E-state index contributed by atoms with van der Waals surface area (Å²) < 4.78 is 1.30. The minimum atomic E-state index is 0.562. The Morgan fingerprint density at radius 3 is 2.70 bits per heavy atom. The molecule has 20 heavy (non-hydrogen) atoms. The quantitative estimate of drug-likeness (QED) is 0.610. The molecule has 2 rings (SSSR count). The van der Waals surface area contributed by atoms with E-state index in [0.717, 1.165) is 12.5 Å². The van der Waals surface area contributed by atoms with Crippen LogP contribution in [0.4, 0.5) is 0 Å². The Bertz CT molecular complexity index is 376. The minimum Gasteiger partial charge on any atom is -0.309 e. The first-order valence-electron chi connectivity index (χ1n) is 8.20. The predicted octanol–water partition coefficient (Wildman–Crippen LogP) is 6.22. The second-order valence-corrected chi connectivity index (χ2v) is 8.60. The van der Waals surface area contributed by atoms with Crippen LogP contribution in [0.25, 0.3) is 0 Å². The second-order valence-electron chi connectivity index (χ2n) is 6.19. The fourth-order valence-electron chi connectivity index (χ4n) is 3.20. The van der Waals surface area contributed by atoms with Crippen LogP contribution in [0.15, 0.2) is 9.85 Å². The van der Waals surface area contributed by atoms with Crippen LogP contribution in [-0.4, -0.2) is 6.54 Å². The summed E-state index contributed by atoms with van der Waals surface area (Å²) in [6.45, 7) is 5.58. The van der Waals surface area contributed by atoms with E-state index in [1.165, 1.54) is 65.6 Å². The number of thiophene rings is 1. The van der Waals surface area contributed by atoms with E-state index in [9.17, 15) is 0 Å². The van der Waals surface area contributed by atoms with Gasteiger partial charge in [0.15, 0.2) is 0 Å². The lowest BCUT2D eigenvalue weighted by molar-refractivity contribution is 0.315. The number of hydrogen-bond acceptors (Lipinski definition) is 2. The first kappa shape index (κ1) is 16.5. The van der Waals surface area contributed by atoms with Crippen molar-refractivity contribution in [3.05, 3.63) is 20.3 Å². The van der Waals surface area contributed by atoms with Crippen LogP contribution in [0.2, 0.25) is 0 Å². The third-order valence-corrected chi connectivity index (χ3v) is 6.70. The second kappa shape index (κ2) is 8.55. The maximum Gasteiger partial charge on any atom is 0.0731 e. The molecule has 0 bridgehead atoms. The molecule has 0 saturated heterocycles. The summed E-state index contributed by atoms with van der Waals surface area (Å²) in [6.07, 6.45) is 11.2. The summed E-state index contributed by atoms with van der Waals surface area (Å²) in [4.78, 5) is 1.51. The molecule has 3 heteroatoms. The molecule has 1 fully saturated rings. The summed E-state index contributed by atoms with van der Waals surface area (Å²) in [5.41, 5.74) is 1.38. The fraction of sp³-hybridized carbons (Fsp3) is 0.765. The summed E-state index contributed by atoms with van der Waals surface area (Å²) >= 11 is 5.58. The molecule has 1 aliphatic carbocycles. The van der Waals surface area contributed by atoms with E-state index in [2.05, 4.69) is 41.2 Å². The number of nitrogens with one attached hydrogen (secondary N) is 1. The summed E-state index contributed by atoms with van der Waals surface area (Å²) in [5.74, 6) is 0.985. The number of halogens is 1. The van der Waals surface area contributed by atoms with Gasteiger partial charge in [-0.3, -0.25) is 0 Å². The molecule has 1 unspecified atom stereocenters. The molecule has 0 aliphatic heterocycles. The third-order valence-electron chi connectivity index (χ3n) is 4.45. The van der Waals surface area contributed by atoms with Crippen molar-refractivity contribution in [1.82, 2.24) is 5.32 Å². The number of rotatable bonds is 7. The molecule has 0 aromatic carbocycles. The molecule has 114 valence electrons. The van der Waals surface area contributed by atoms with Gasteiger partial charge in [-0.2, -0.15) is 0 Å². The van der Waals surface area contributed by atoms with E-state index in [4.69, 9.17) is 0 Å². The normalized spacial score (nSPS) is 18.4. The molecular formula is C17H28BrNS. The van der Waals surface area contributed by atoms with Gasteiger partial charge in [-0.05, 0) is 66.2 Å². The van der Waals surface area contributed by atoms with Crippen molar-refractivity contribution >= 4 is 27.3 Å². The van der Waals surface area contributed by atoms with Crippen molar-refractivity contribution in [3.63, 3.8) is 0 Å². The van der Waals surface area contributed by atoms with E-state index in [1.54, 1.807) is 0 Å². The monoisotopic (exact) mass is 357 g/mol. The molecule has 1 saturated carbocycles. The lowest BCUT2D eigenvalue weighted by Gasteiger charge is -2.24. The van der Waals surface area contributed by atoms with Crippen molar-refractivity contribution in [1.29, 1.82) is 0 Å². The van der Waals surface area contributed by atoms with Gasteiger partial charge < -0.3 is 5.32 Å². The van der Waals surface area contributed by atoms with Crippen LogP contribution >= 0.6 is 27.3 Å².